The molecule has 1 fully saturated rings. The summed E-state index contributed by atoms with van der Waals surface area (Å²) in [4.78, 5) is 31.0. The van der Waals surface area contributed by atoms with Gasteiger partial charge in [-0.15, -0.1) is 0 Å². The second-order valence-electron chi connectivity index (χ2n) is 9.25. The van der Waals surface area contributed by atoms with Crippen molar-refractivity contribution in [1.29, 1.82) is 0 Å². The van der Waals surface area contributed by atoms with Crippen molar-refractivity contribution < 1.29 is 17.9 Å². The number of hydrogen-bond donors (Lipinski definition) is 1. The van der Waals surface area contributed by atoms with Crippen molar-refractivity contribution in [3.05, 3.63) is 52.6 Å². The summed E-state index contributed by atoms with van der Waals surface area (Å²) in [5, 5.41) is 2.98. The third kappa shape index (κ3) is 4.59. The number of benzene rings is 1. The van der Waals surface area contributed by atoms with Gasteiger partial charge in [0.05, 0.1) is 34.9 Å². The summed E-state index contributed by atoms with van der Waals surface area (Å²) in [6.45, 7) is 8.06. The maximum absolute atomic E-state index is 13.4. The SMILES string of the molecule is CCOc1cccc(-n2c(=O)n(C(C)C)c3cc(C(=O)NC4(C)CCS(=O)(=O)CC4)cnc32)c1. The Morgan fingerprint density at radius 2 is 1.94 bits per heavy atom. The van der Waals surface area contributed by atoms with Gasteiger partial charge in [-0.05, 0) is 58.7 Å². The van der Waals surface area contributed by atoms with E-state index in [0.717, 1.165) is 0 Å². The lowest BCUT2D eigenvalue weighted by atomic mass is 9.94. The second kappa shape index (κ2) is 8.90. The van der Waals surface area contributed by atoms with E-state index in [4.69, 9.17) is 4.74 Å². The molecule has 1 aromatic carbocycles. The quantitative estimate of drug-likeness (QED) is 0.573. The number of nitrogens with one attached hydrogen (secondary N) is 1. The molecule has 1 amide bonds. The number of fused-ring (bicyclic) bond motifs is 1. The summed E-state index contributed by atoms with van der Waals surface area (Å²) in [7, 11) is -3.05. The zero-order chi connectivity index (χ0) is 24.7. The summed E-state index contributed by atoms with van der Waals surface area (Å²) in [6, 6.07) is 8.76. The summed E-state index contributed by atoms with van der Waals surface area (Å²) in [5.41, 5.74) is 1.07. The predicted molar refractivity (Wildman–Crippen MR) is 131 cm³/mol. The van der Waals surface area contributed by atoms with Crippen LogP contribution in [0.2, 0.25) is 0 Å². The lowest BCUT2D eigenvalue weighted by molar-refractivity contribution is 0.0899. The topological polar surface area (TPSA) is 112 Å². The molecule has 3 heterocycles. The lowest BCUT2D eigenvalue weighted by Gasteiger charge is -2.34. The number of carbonyl (C=O) groups is 1. The minimum Gasteiger partial charge on any atom is -0.494 e. The Morgan fingerprint density at radius 1 is 1.24 bits per heavy atom. The Kier molecular flexibility index (Phi) is 6.28. The van der Waals surface area contributed by atoms with Gasteiger partial charge in [-0.25, -0.2) is 22.8 Å². The molecule has 0 unspecified atom stereocenters. The smallest absolute Gasteiger partial charge is 0.335 e. The average Bonchev–Trinajstić information content (AvgIpc) is 3.07. The fourth-order valence-electron chi connectivity index (χ4n) is 4.29. The van der Waals surface area contributed by atoms with Crippen molar-refractivity contribution in [2.45, 2.75) is 52.1 Å². The molecule has 0 bridgehead atoms. The van der Waals surface area contributed by atoms with Crippen LogP contribution in [0.15, 0.2) is 41.3 Å². The number of pyridine rings is 1. The molecule has 182 valence electrons. The Balaban J connectivity index is 1.74. The molecule has 0 aliphatic carbocycles. The molecule has 4 rings (SSSR count). The van der Waals surface area contributed by atoms with Crippen LogP contribution in [-0.4, -0.2) is 52.1 Å². The van der Waals surface area contributed by atoms with Crippen molar-refractivity contribution in [2.75, 3.05) is 18.1 Å². The molecule has 1 aliphatic rings. The number of amides is 1. The van der Waals surface area contributed by atoms with Crippen LogP contribution in [0.25, 0.3) is 16.9 Å². The highest BCUT2D eigenvalue weighted by atomic mass is 32.2. The summed E-state index contributed by atoms with van der Waals surface area (Å²) in [6.07, 6.45) is 2.17. The van der Waals surface area contributed by atoms with E-state index in [1.165, 1.54) is 10.8 Å². The number of imidazole rings is 1. The van der Waals surface area contributed by atoms with Crippen LogP contribution in [0.4, 0.5) is 0 Å². The van der Waals surface area contributed by atoms with Crippen LogP contribution in [0, 0.1) is 0 Å². The van der Waals surface area contributed by atoms with Gasteiger partial charge < -0.3 is 10.1 Å². The number of aromatic nitrogens is 3. The van der Waals surface area contributed by atoms with Crippen molar-refractivity contribution in [3.8, 4) is 11.4 Å². The molecular formula is C24H30N4O5S. The highest BCUT2D eigenvalue weighted by Crippen LogP contribution is 2.25. The van der Waals surface area contributed by atoms with Crippen LogP contribution in [0.5, 0.6) is 5.75 Å². The van der Waals surface area contributed by atoms with Crippen LogP contribution < -0.4 is 15.7 Å². The average molecular weight is 487 g/mol. The van der Waals surface area contributed by atoms with Gasteiger partial charge in [0.2, 0.25) is 0 Å². The van der Waals surface area contributed by atoms with Crippen LogP contribution in [0.1, 0.15) is 56.9 Å². The van der Waals surface area contributed by atoms with E-state index >= 15 is 0 Å². The minimum atomic E-state index is -3.05. The molecule has 10 heteroatoms. The first kappa shape index (κ1) is 24.0. The Morgan fingerprint density at radius 3 is 2.59 bits per heavy atom. The molecule has 34 heavy (non-hydrogen) atoms. The van der Waals surface area contributed by atoms with Gasteiger partial charge >= 0.3 is 5.69 Å². The molecule has 9 nitrogen and oxygen atoms in total. The van der Waals surface area contributed by atoms with Gasteiger partial charge in [0.1, 0.15) is 15.6 Å². The van der Waals surface area contributed by atoms with E-state index < -0.39 is 15.4 Å². The fourth-order valence-corrected chi connectivity index (χ4v) is 6.02. The molecule has 0 atom stereocenters. The Bertz CT molecular complexity index is 1390. The maximum atomic E-state index is 13.4. The molecule has 1 N–H and O–H groups in total. The van der Waals surface area contributed by atoms with Gasteiger partial charge in [0, 0.05) is 23.8 Å². The van der Waals surface area contributed by atoms with E-state index in [1.54, 1.807) is 16.7 Å². The zero-order valence-electron chi connectivity index (χ0n) is 19.9. The lowest BCUT2D eigenvalue weighted by Crippen LogP contribution is -2.50. The summed E-state index contributed by atoms with van der Waals surface area (Å²) >= 11 is 0. The van der Waals surface area contributed by atoms with E-state index in [-0.39, 0.29) is 29.1 Å². The van der Waals surface area contributed by atoms with Crippen molar-refractivity contribution in [2.24, 2.45) is 0 Å². The summed E-state index contributed by atoms with van der Waals surface area (Å²) < 4.78 is 32.3. The first-order valence-electron chi connectivity index (χ1n) is 11.4. The van der Waals surface area contributed by atoms with E-state index in [0.29, 0.717) is 47.6 Å². The Labute approximate surface area is 198 Å². The van der Waals surface area contributed by atoms with Gasteiger partial charge in [0.15, 0.2) is 5.65 Å². The first-order valence-corrected chi connectivity index (χ1v) is 13.2. The van der Waals surface area contributed by atoms with Gasteiger partial charge in [-0.2, -0.15) is 0 Å². The summed E-state index contributed by atoms with van der Waals surface area (Å²) in [5.74, 6) is 0.413. The standard InChI is InChI=1S/C24H30N4O5S/c1-5-33-19-8-6-7-18(14-19)28-21-20(27(16(2)3)23(28)30)13-17(15-25-21)22(29)26-24(4)9-11-34(31,32)12-10-24/h6-8,13-16H,5,9-12H2,1-4H3,(H,26,29). The first-order chi connectivity index (χ1) is 16.0. The predicted octanol–water partition coefficient (Wildman–Crippen LogP) is 2.86. The van der Waals surface area contributed by atoms with Crippen LogP contribution in [-0.2, 0) is 9.84 Å². The minimum absolute atomic E-state index is 0.0532. The number of hydrogen-bond acceptors (Lipinski definition) is 6. The third-order valence-electron chi connectivity index (χ3n) is 6.23. The number of nitrogens with zero attached hydrogens (tertiary/aromatic N) is 3. The van der Waals surface area contributed by atoms with Gasteiger partial charge in [-0.1, -0.05) is 6.07 Å². The molecule has 1 saturated heterocycles. The second-order valence-corrected chi connectivity index (χ2v) is 11.5. The largest absolute Gasteiger partial charge is 0.494 e. The van der Waals surface area contributed by atoms with Crippen molar-refractivity contribution >= 4 is 26.9 Å². The maximum Gasteiger partial charge on any atom is 0.335 e. The highest BCUT2D eigenvalue weighted by Gasteiger charge is 2.35. The van der Waals surface area contributed by atoms with Crippen molar-refractivity contribution in [1.82, 2.24) is 19.4 Å². The number of rotatable bonds is 6. The van der Waals surface area contributed by atoms with E-state index in [2.05, 4.69) is 10.3 Å². The van der Waals surface area contributed by atoms with Gasteiger partial charge in [0.25, 0.3) is 5.91 Å². The molecule has 3 aromatic rings. The molecule has 0 spiro atoms. The monoisotopic (exact) mass is 486 g/mol. The van der Waals surface area contributed by atoms with E-state index in [1.807, 2.05) is 45.9 Å². The molecule has 2 aromatic heterocycles. The van der Waals surface area contributed by atoms with Gasteiger partial charge in [-0.3, -0.25) is 9.36 Å². The highest BCUT2D eigenvalue weighted by molar-refractivity contribution is 7.91. The Hall–Kier alpha value is -3.14. The van der Waals surface area contributed by atoms with Crippen LogP contribution in [0.3, 0.4) is 0 Å². The normalized spacial score (nSPS) is 17.1. The third-order valence-corrected chi connectivity index (χ3v) is 7.88. The fraction of sp³-hybridized carbons (Fsp3) is 0.458. The van der Waals surface area contributed by atoms with Crippen molar-refractivity contribution in [3.63, 3.8) is 0 Å². The molecule has 0 saturated carbocycles. The molecule has 1 aliphatic heterocycles. The van der Waals surface area contributed by atoms with E-state index in [9.17, 15) is 18.0 Å². The zero-order valence-corrected chi connectivity index (χ0v) is 20.7. The number of carbonyl (C=O) groups excluding carboxylic acids is 1. The molecule has 0 radical (unpaired) electrons. The van der Waals surface area contributed by atoms with Crippen LogP contribution >= 0.6 is 0 Å². The number of ether oxygens (including phenoxy) is 1. The molecular weight excluding hydrogens is 456 g/mol. The number of sulfone groups is 1.